The zero-order chi connectivity index (χ0) is 17.2. The summed E-state index contributed by atoms with van der Waals surface area (Å²) in [6.07, 6.45) is -1.20. The Morgan fingerprint density at radius 1 is 1.30 bits per heavy atom. The van der Waals surface area contributed by atoms with Crippen LogP contribution < -0.4 is 5.32 Å². The number of aliphatic hydroxyl groups excluding tert-OH is 1. The Hall–Kier alpha value is -2.04. The van der Waals surface area contributed by atoms with Crippen LogP contribution in [0.4, 0.5) is 4.39 Å². The standard InChI is InChI=1S/C13H15FN2O6S/c14-8-1-3-10(4-2-8)23(21,22)16-7-9(17)5-11(16)13(20)15-6-12(18)19/h1-4,9,11,17H,5-7H2,(H,15,20)(H,18,19)/t9-,11+/m0/s1. The minimum atomic E-state index is -4.12. The molecular formula is C13H15FN2O6S. The third-order valence-corrected chi connectivity index (χ3v) is 5.26. The smallest absolute Gasteiger partial charge is 0.322 e. The number of hydrogen-bond acceptors (Lipinski definition) is 5. The van der Waals surface area contributed by atoms with Crippen LogP contribution in [0.15, 0.2) is 29.2 Å². The van der Waals surface area contributed by atoms with Gasteiger partial charge in [-0.15, -0.1) is 0 Å². The lowest BCUT2D eigenvalue weighted by molar-refractivity contribution is -0.138. The van der Waals surface area contributed by atoms with Gasteiger partial charge < -0.3 is 15.5 Å². The van der Waals surface area contributed by atoms with Crippen molar-refractivity contribution >= 4 is 21.9 Å². The highest BCUT2D eigenvalue weighted by Gasteiger charge is 2.43. The molecular weight excluding hydrogens is 331 g/mol. The number of amides is 1. The van der Waals surface area contributed by atoms with Gasteiger partial charge in [0.15, 0.2) is 0 Å². The summed E-state index contributed by atoms with van der Waals surface area (Å²) in [7, 11) is -4.12. The number of nitrogens with one attached hydrogen (secondary N) is 1. The van der Waals surface area contributed by atoms with Crippen molar-refractivity contribution in [2.75, 3.05) is 13.1 Å². The first-order valence-corrected chi connectivity index (χ1v) is 8.11. The minimum Gasteiger partial charge on any atom is -0.480 e. The fraction of sp³-hybridized carbons (Fsp3) is 0.385. The average molecular weight is 346 g/mol. The minimum absolute atomic E-state index is 0.147. The number of aliphatic hydroxyl groups is 1. The van der Waals surface area contributed by atoms with Crippen molar-refractivity contribution < 1.29 is 32.6 Å². The Balaban J connectivity index is 2.25. The topological polar surface area (TPSA) is 124 Å². The molecule has 0 aromatic heterocycles. The molecule has 0 spiro atoms. The summed E-state index contributed by atoms with van der Waals surface area (Å²) in [4.78, 5) is 22.3. The van der Waals surface area contributed by atoms with Crippen LogP contribution in [-0.4, -0.2) is 60.0 Å². The molecule has 126 valence electrons. The highest BCUT2D eigenvalue weighted by Crippen LogP contribution is 2.26. The maximum atomic E-state index is 12.9. The first-order chi connectivity index (χ1) is 10.7. The molecule has 1 aromatic rings. The molecule has 1 aliphatic heterocycles. The Morgan fingerprint density at radius 3 is 2.48 bits per heavy atom. The molecule has 2 rings (SSSR count). The van der Waals surface area contributed by atoms with Gasteiger partial charge in [0.1, 0.15) is 18.4 Å². The predicted molar refractivity (Wildman–Crippen MR) is 75.3 cm³/mol. The van der Waals surface area contributed by atoms with Gasteiger partial charge in [-0.2, -0.15) is 4.31 Å². The molecule has 10 heteroatoms. The van der Waals surface area contributed by atoms with Crippen molar-refractivity contribution in [1.82, 2.24) is 9.62 Å². The number of nitrogens with zero attached hydrogens (tertiary/aromatic N) is 1. The van der Waals surface area contributed by atoms with Gasteiger partial charge in [0.25, 0.3) is 0 Å². The highest BCUT2D eigenvalue weighted by molar-refractivity contribution is 7.89. The second-order valence-electron chi connectivity index (χ2n) is 5.05. The summed E-state index contributed by atoms with van der Waals surface area (Å²) >= 11 is 0. The van der Waals surface area contributed by atoms with Crippen molar-refractivity contribution in [3.05, 3.63) is 30.1 Å². The summed E-state index contributed by atoms with van der Waals surface area (Å²) in [6.45, 7) is -0.958. The Bertz CT molecular complexity index is 706. The number of rotatable bonds is 5. The third-order valence-electron chi connectivity index (χ3n) is 3.37. The van der Waals surface area contributed by atoms with Crippen LogP contribution in [0.2, 0.25) is 0 Å². The van der Waals surface area contributed by atoms with E-state index in [0.717, 1.165) is 28.6 Å². The number of carbonyl (C=O) groups excluding carboxylic acids is 1. The van der Waals surface area contributed by atoms with Crippen molar-refractivity contribution in [3.8, 4) is 0 Å². The first-order valence-electron chi connectivity index (χ1n) is 6.67. The summed E-state index contributed by atoms with van der Waals surface area (Å²) in [5.41, 5.74) is 0. The fourth-order valence-electron chi connectivity index (χ4n) is 2.31. The second-order valence-corrected chi connectivity index (χ2v) is 6.94. The van der Waals surface area contributed by atoms with E-state index in [1.807, 2.05) is 0 Å². The molecule has 2 atom stereocenters. The van der Waals surface area contributed by atoms with E-state index in [-0.39, 0.29) is 17.9 Å². The molecule has 3 N–H and O–H groups in total. The second kappa shape index (κ2) is 6.60. The molecule has 1 fully saturated rings. The number of carbonyl (C=O) groups is 2. The number of aliphatic carboxylic acids is 1. The van der Waals surface area contributed by atoms with Gasteiger partial charge in [-0.05, 0) is 24.3 Å². The van der Waals surface area contributed by atoms with E-state index in [9.17, 15) is 27.5 Å². The van der Waals surface area contributed by atoms with Gasteiger partial charge in [0.05, 0.1) is 11.0 Å². The van der Waals surface area contributed by atoms with E-state index in [4.69, 9.17) is 5.11 Å². The highest BCUT2D eigenvalue weighted by atomic mass is 32.2. The van der Waals surface area contributed by atoms with Crippen LogP contribution in [0.3, 0.4) is 0 Å². The molecule has 1 amide bonds. The molecule has 23 heavy (non-hydrogen) atoms. The van der Waals surface area contributed by atoms with E-state index < -0.39 is 46.4 Å². The van der Waals surface area contributed by atoms with Gasteiger partial charge in [0, 0.05) is 13.0 Å². The number of benzene rings is 1. The third kappa shape index (κ3) is 3.84. The molecule has 0 aliphatic carbocycles. The average Bonchev–Trinajstić information content (AvgIpc) is 2.88. The molecule has 0 bridgehead atoms. The van der Waals surface area contributed by atoms with Crippen LogP contribution in [0.5, 0.6) is 0 Å². The number of hydrogen-bond donors (Lipinski definition) is 3. The van der Waals surface area contributed by atoms with Gasteiger partial charge >= 0.3 is 5.97 Å². The summed E-state index contributed by atoms with van der Waals surface area (Å²) in [6, 6.07) is 2.83. The number of sulfonamides is 1. The quantitative estimate of drug-likeness (QED) is 0.638. The van der Waals surface area contributed by atoms with Crippen LogP contribution >= 0.6 is 0 Å². The van der Waals surface area contributed by atoms with E-state index in [0.29, 0.717) is 0 Å². The van der Waals surface area contributed by atoms with Crippen molar-refractivity contribution in [3.63, 3.8) is 0 Å². The molecule has 0 radical (unpaired) electrons. The predicted octanol–water partition coefficient (Wildman–Crippen LogP) is -0.850. The molecule has 0 unspecified atom stereocenters. The maximum absolute atomic E-state index is 12.9. The van der Waals surface area contributed by atoms with E-state index in [1.165, 1.54) is 0 Å². The monoisotopic (exact) mass is 346 g/mol. The number of β-amino-alcohol motifs (C(OH)–C–C–N with tert-alkyl or cyclic N) is 1. The van der Waals surface area contributed by atoms with E-state index >= 15 is 0 Å². The zero-order valence-corrected chi connectivity index (χ0v) is 12.7. The maximum Gasteiger partial charge on any atom is 0.322 e. The Kier molecular flexibility index (Phi) is 4.97. The van der Waals surface area contributed by atoms with Gasteiger partial charge in [-0.1, -0.05) is 0 Å². The molecule has 1 aliphatic rings. The lowest BCUT2D eigenvalue weighted by Gasteiger charge is -2.22. The number of carboxylic acids is 1. The largest absolute Gasteiger partial charge is 0.480 e. The molecule has 0 saturated carbocycles. The van der Waals surface area contributed by atoms with Crippen molar-refractivity contribution in [2.24, 2.45) is 0 Å². The lowest BCUT2D eigenvalue weighted by Crippen LogP contribution is -2.46. The van der Waals surface area contributed by atoms with Crippen LogP contribution in [0, 0.1) is 5.82 Å². The molecule has 1 aromatic carbocycles. The lowest BCUT2D eigenvalue weighted by atomic mass is 10.2. The first kappa shape index (κ1) is 17.3. The Morgan fingerprint density at radius 2 is 1.91 bits per heavy atom. The SMILES string of the molecule is O=C(O)CNC(=O)[C@H]1C[C@H](O)CN1S(=O)(=O)c1ccc(F)cc1. The van der Waals surface area contributed by atoms with E-state index in [2.05, 4.69) is 5.32 Å². The van der Waals surface area contributed by atoms with Crippen LogP contribution in [-0.2, 0) is 19.6 Å². The van der Waals surface area contributed by atoms with Crippen LogP contribution in [0.1, 0.15) is 6.42 Å². The number of halogens is 1. The van der Waals surface area contributed by atoms with Crippen molar-refractivity contribution in [2.45, 2.75) is 23.5 Å². The van der Waals surface area contributed by atoms with Crippen LogP contribution in [0.25, 0.3) is 0 Å². The normalized spacial score (nSPS) is 22.0. The number of carboxylic acid groups (broad SMARTS) is 1. The molecule has 8 nitrogen and oxygen atoms in total. The van der Waals surface area contributed by atoms with Gasteiger partial charge in [0.2, 0.25) is 15.9 Å². The van der Waals surface area contributed by atoms with Gasteiger partial charge in [-0.3, -0.25) is 9.59 Å². The zero-order valence-electron chi connectivity index (χ0n) is 11.8. The van der Waals surface area contributed by atoms with Crippen molar-refractivity contribution in [1.29, 1.82) is 0 Å². The van der Waals surface area contributed by atoms with Gasteiger partial charge in [-0.25, -0.2) is 12.8 Å². The van der Waals surface area contributed by atoms with E-state index in [1.54, 1.807) is 0 Å². The summed E-state index contributed by atoms with van der Waals surface area (Å²) in [5, 5.41) is 20.3. The Labute approximate surface area is 131 Å². The molecule has 1 heterocycles. The summed E-state index contributed by atoms with van der Waals surface area (Å²) < 4.78 is 38.8. The fourth-order valence-corrected chi connectivity index (χ4v) is 3.95. The summed E-state index contributed by atoms with van der Waals surface area (Å²) in [5.74, 6) is -2.69. The molecule has 1 saturated heterocycles.